The van der Waals surface area contributed by atoms with E-state index in [4.69, 9.17) is 19.8 Å². The lowest BCUT2D eigenvalue weighted by atomic mass is 10.0. The second-order valence-corrected chi connectivity index (χ2v) is 7.03. The fourth-order valence-corrected chi connectivity index (χ4v) is 2.78. The zero-order valence-electron chi connectivity index (χ0n) is 16.1. The van der Waals surface area contributed by atoms with Crippen molar-refractivity contribution in [1.29, 1.82) is 0 Å². The SMILES string of the molecule is O=C(O)C(F)(F)F.O=C(O)C(F)(F)F.O[C@@H]1CCN(CC2CC2)[C@H]1Cc1cccnc1. The number of pyridine rings is 1. The molecule has 0 bridgehead atoms. The summed E-state index contributed by atoms with van der Waals surface area (Å²) in [6, 6.07) is 4.38. The molecule has 3 rings (SSSR count). The summed E-state index contributed by atoms with van der Waals surface area (Å²) in [4.78, 5) is 24.4. The number of alkyl halides is 6. The smallest absolute Gasteiger partial charge is 0.475 e. The van der Waals surface area contributed by atoms with Crippen molar-refractivity contribution >= 4 is 11.9 Å². The first kappa shape index (κ1) is 26.6. The van der Waals surface area contributed by atoms with Crippen LogP contribution in [0.1, 0.15) is 24.8 Å². The summed E-state index contributed by atoms with van der Waals surface area (Å²) in [7, 11) is 0. The number of halogens is 6. The molecule has 1 aliphatic heterocycles. The topological polar surface area (TPSA) is 111 Å². The third-order valence-corrected chi connectivity index (χ3v) is 4.47. The molecule has 2 fully saturated rings. The molecule has 0 aromatic carbocycles. The third kappa shape index (κ3) is 10.4. The molecule has 176 valence electrons. The van der Waals surface area contributed by atoms with E-state index in [1.807, 2.05) is 12.3 Å². The number of hydrogen-bond donors (Lipinski definition) is 3. The van der Waals surface area contributed by atoms with Crippen LogP contribution in [0.2, 0.25) is 0 Å². The number of carboxylic acids is 2. The lowest BCUT2D eigenvalue weighted by Gasteiger charge is -2.26. The molecule has 1 saturated heterocycles. The van der Waals surface area contributed by atoms with Gasteiger partial charge in [0.15, 0.2) is 0 Å². The fraction of sp³-hybridized carbons (Fsp3) is 0.611. The number of rotatable bonds is 4. The summed E-state index contributed by atoms with van der Waals surface area (Å²) in [5, 5.41) is 24.3. The van der Waals surface area contributed by atoms with Gasteiger partial charge in [0.25, 0.3) is 0 Å². The number of carboxylic acid groups (broad SMARTS) is 2. The van der Waals surface area contributed by atoms with Gasteiger partial charge in [0.1, 0.15) is 0 Å². The number of aromatic nitrogens is 1. The van der Waals surface area contributed by atoms with Crippen molar-refractivity contribution in [2.24, 2.45) is 5.92 Å². The summed E-state index contributed by atoms with van der Waals surface area (Å²) in [6.07, 6.45) is -1.98. The maximum atomic E-state index is 10.6. The van der Waals surface area contributed by atoms with E-state index < -0.39 is 24.3 Å². The molecule has 2 atom stereocenters. The maximum absolute atomic E-state index is 10.6. The lowest BCUT2D eigenvalue weighted by Crippen LogP contribution is -2.38. The number of carbonyl (C=O) groups is 2. The number of nitrogens with zero attached hydrogens (tertiary/aromatic N) is 2. The van der Waals surface area contributed by atoms with Gasteiger partial charge < -0.3 is 15.3 Å². The summed E-state index contributed by atoms with van der Waals surface area (Å²) >= 11 is 0. The van der Waals surface area contributed by atoms with E-state index in [9.17, 15) is 31.4 Å². The van der Waals surface area contributed by atoms with E-state index in [2.05, 4.69) is 16.0 Å². The molecule has 0 radical (unpaired) electrons. The van der Waals surface area contributed by atoms with E-state index in [-0.39, 0.29) is 6.10 Å². The highest BCUT2D eigenvalue weighted by atomic mass is 19.4. The van der Waals surface area contributed by atoms with Gasteiger partial charge in [-0.3, -0.25) is 9.88 Å². The van der Waals surface area contributed by atoms with Gasteiger partial charge >= 0.3 is 24.3 Å². The quantitative estimate of drug-likeness (QED) is 0.593. The normalized spacial score (nSPS) is 21.4. The molecule has 1 aliphatic carbocycles. The Morgan fingerprint density at radius 3 is 1.94 bits per heavy atom. The van der Waals surface area contributed by atoms with E-state index in [1.54, 1.807) is 6.20 Å². The summed E-state index contributed by atoms with van der Waals surface area (Å²) in [5.74, 6) is -4.61. The molecule has 7 nitrogen and oxygen atoms in total. The summed E-state index contributed by atoms with van der Waals surface area (Å²) < 4.78 is 63.5. The number of hydrogen-bond acceptors (Lipinski definition) is 5. The lowest BCUT2D eigenvalue weighted by molar-refractivity contribution is -0.193. The average molecular weight is 460 g/mol. The van der Waals surface area contributed by atoms with Crippen molar-refractivity contribution in [3.63, 3.8) is 0 Å². The van der Waals surface area contributed by atoms with Crippen LogP contribution in [0.5, 0.6) is 0 Å². The molecule has 1 aromatic heterocycles. The van der Waals surface area contributed by atoms with Gasteiger partial charge in [-0.1, -0.05) is 6.07 Å². The third-order valence-electron chi connectivity index (χ3n) is 4.47. The van der Waals surface area contributed by atoms with Crippen LogP contribution in [-0.4, -0.2) is 74.7 Å². The predicted molar refractivity (Wildman–Crippen MR) is 94.0 cm³/mol. The van der Waals surface area contributed by atoms with Crippen molar-refractivity contribution in [1.82, 2.24) is 9.88 Å². The van der Waals surface area contributed by atoms with Crippen LogP contribution >= 0.6 is 0 Å². The van der Waals surface area contributed by atoms with E-state index in [0.717, 1.165) is 25.3 Å². The maximum Gasteiger partial charge on any atom is 0.490 e. The molecule has 13 heteroatoms. The number of likely N-dealkylation sites (tertiary alicyclic amines) is 1. The first-order valence-corrected chi connectivity index (χ1v) is 9.13. The van der Waals surface area contributed by atoms with Crippen molar-refractivity contribution < 1.29 is 51.3 Å². The van der Waals surface area contributed by atoms with Gasteiger partial charge in [-0.25, -0.2) is 9.59 Å². The van der Waals surface area contributed by atoms with Gasteiger partial charge in [0.2, 0.25) is 0 Å². The van der Waals surface area contributed by atoms with Gasteiger partial charge in [0.05, 0.1) is 6.10 Å². The highest BCUT2D eigenvalue weighted by Gasteiger charge is 2.39. The molecule has 1 saturated carbocycles. The van der Waals surface area contributed by atoms with Gasteiger partial charge in [0, 0.05) is 31.5 Å². The molecule has 31 heavy (non-hydrogen) atoms. The van der Waals surface area contributed by atoms with Crippen molar-refractivity contribution in [3.05, 3.63) is 30.1 Å². The fourth-order valence-electron chi connectivity index (χ4n) is 2.78. The van der Waals surface area contributed by atoms with Crippen LogP contribution in [0.3, 0.4) is 0 Å². The molecule has 0 unspecified atom stereocenters. The second kappa shape index (κ2) is 11.3. The zero-order valence-corrected chi connectivity index (χ0v) is 16.1. The van der Waals surface area contributed by atoms with Crippen molar-refractivity contribution in [3.8, 4) is 0 Å². The Morgan fingerprint density at radius 2 is 1.55 bits per heavy atom. The Kier molecular flexibility index (Phi) is 9.69. The summed E-state index contributed by atoms with van der Waals surface area (Å²) in [6.45, 7) is 2.24. The molecular formula is C18H22F6N2O5. The zero-order chi connectivity index (χ0) is 23.8. The molecule has 2 heterocycles. The minimum absolute atomic E-state index is 0.158. The van der Waals surface area contributed by atoms with Crippen LogP contribution in [0, 0.1) is 5.92 Å². The Bertz CT molecular complexity index is 686. The summed E-state index contributed by atoms with van der Waals surface area (Å²) in [5.41, 5.74) is 1.24. The first-order valence-electron chi connectivity index (χ1n) is 9.13. The molecule has 0 amide bonds. The highest BCUT2D eigenvalue weighted by molar-refractivity contribution is 5.73. The van der Waals surface area contributed by atoms with E-state index in [0.29, 0.717) is 6.04 Å². The number of aliphatic carboxylic acids is 2. The average Bonchev–Trinajstić information content (AvgIpc) is 3.41. The monoisotopic (exact) mass is 460 g/mol. The molecule has 0 spiro atoms. The highest BCUT2D eigenvalue weighted by Crippen LogP contribution is 2.33. The number of aliphatic hydroxyl groups is 1. The Hall–Kier alpha value is -2.41. The van der Waals surface area contributed by atoms with E-state index >= 15 is 0 Å². The Balaban J connectivity index is 0.000000288. The first-order chi connectivity index (χ1) is 14.2. The molecule has 2 aliphatic rings. The van der Waals surface area contributed by atoms with Crippen LogP contribution in [0.25, 0.3) is 0 Å². The van der Waals surface area contributed by atoms with Crippen LogP contribution in [-0.2, 0) is 16.0 Å². The van der Waals surface area contributed by atoms with Gasteiger partial charge in [-0.2, -0.15) is 26.3 Å². The Morgan fingerprint density at radius 1 is 1.03 bits per heavy atom. The molecule has 3 N–H and O–H groups in total. The Labute approximate surface area is 173 Å². The van der Waals surface area contributed by atoms with Gasteiger partial charge in [-0.05, 0) is 43.2 Å². The van der Waals surface area contributed by atoms with Crippen molar-refractivity contribution in [2.45, 2.75) is 50.2 Å². The van der Waals surface area contributed by atoms with Crippen LogP contribution in [0.4, 0.5) is 26.3 Å². The van der Waals surface area contributed by atoms with Crippen molar-refractivity contribution in [2.75, 3.05) is 13.1 Å². The van der Waals surface area contributed by atoms with E-state index in [1.165, 1.54) is 24.9 Å². The minimum atomic E-state index is -5.08. The second-order valence-electron chi connectivity index (χ2n) is 7.03. The largest absolute Gasteiger partial charge is 0.490 e. The predicted octanol–water partition coefficient (Wildman–Crippen LogP) is 2.74. The molecular weight excluding hydrogens is 438 g/mol. The van der Waals surface area contributed by atoms with Crippen LogP contribution < -0.4 is 0 Å². The minimum Gasteiger partial charge on any atom is -0.475 e. The molecule has 1 aromatic rings. The standard InChI is InChI=1S/C14H20N2O.2C2HF3O2/c17-14-5-7-16(10-11-3-4-11)13(14)8-12-2-1-6-15-9-12;2*3-2(4,5)1(6)7/h1-2,6,9,11,13-14,17H,3-5,7-8,10H2;2*(H,6,7)/t13-,14+;;/m0../s1. The van der Waals surface area contributed by atoms with Crippen LogP contribution in [0.15, 0.2) is 24.5 Å². The number of aliphatic hydroxyl groups excluding tert-OH is 1. The van der Waals surface area contributed by atoms with Gasteiger partial charge in [-0.15, -0.1) is 0 Å².